The number of likely N-dealkylation sites (tertiary alicyclic amines) is 1. The molecule has 2 aliphatic heterocycles. The summed E-state index contributed by atoms with van der Waals surface area (Å²) in [4.78, 5) is 25.2. The van der Waals surface area contributed by atoms with Gasteiger partial charge in [-0.3, -0.25) is 4.79 Å². The maximum absolute atomic E-state index is 11.8. The number of hydrogen-bond donors (Lipinski definition) is 0. The van der Waals surface area contributed by atoms with Crippen LogP contribution in [0.4, 0.5) is 5.95 Å². The van der Waals surface area contributed by atoms with E-state index in [1.165, 1.54) is 6.42 Å². The number of nitrogens with zero attached hydrogens (tertiary/aromatic N) is 4. The van der Waals surface area contributed by atoms with Crippen LogP contribution in [0.2, 0.25) is 0 Å². The lowest BCUT2D eigenvalue weighted by Gasteiger charge is -2.34. The van der Waals surface area contributed by atoms with Gasteiger partial charge < -0.3 is 9.80 Å². The average molecular weight is 288 g/mol. The first-order chi connectivity index (χ1) is 10.1. The van der Waals surface area contributed by atoms with E-state index in [0.29, 0.717) is 11.8 Å². The molecule has 2 aliphatic rings. The molecule has 0 saturated carbocycles. The Kier molecular flexibility index (Phi) is 4.08. The maximum atomic E-state index is 11.8. The van der Waals surface area contributed by atoms with Crippen LogP contribution in [0.1, 0.15) is 37.1 Å². The molecule has 2 saturated heterocycles. The van der Waals surface area contributed by atoms with Crippen molar-refractivity contribution in [2.24, 2.45) is 5.92 Å². The van der Waals surface area contributed by atoms with Crippen molar-refractivity contribution >= 4 is 11.9 Å². The fourth-order valence-corrected chi connectivity index (χ4v) is 3.45. The summed E-state index contributed by atoms with van der Waals surface area (Å²) >= 11 is 0. The van der Waals surface area contributed by atoms with Crippen LogP contribution in [-0.2, 0) is 4.79 Å². The molecule has 1 aromatic rings. The maximum Gasteiger partial charge on any atom is 0.225 e. The lowest BCUT2D eigenvalue weighted by atomic mass is 9.97. The van der Waals surface area contributed by atoms with Gasteiger partial charge in [-0.1, -0.05) is 0 Å². The van der Waals surface area contributed by atoms with Crippen LogP contribution < -0.4 is 4.90 Å². The smallest absolute Gasteiger partial charge is 0.225 e. The summed E-state index contributed by atoms with van der Waals surface area (Å²) in [6, 6.07) is 2.01. The van der Waals surface area contributed by atoms with Crippen LogP contribution in [0, 0.1) is 19.8 Å². The van der Waals surface area contributed by atoms with Gasteiger partial charge in [0.05, 0.1) is 0 Å². The molecule has 0 spiro atoms. The van der Waals surface area contributed by atoms with Crippen molar-refractivity contribution in [1.29, 1.82) is 0 Å². The molecule has 5 heteroatoms. The Hall–Kier alpha value is -1.65. The van der Waals surface area contributed by atoms with Gasteiger partial charge in [-0.25, -0.2) is 9.97 Å². The average Bonchev–Trinajstić information content (AvgIpc) is 2.84. The van der Waals surface area contributed by atoms with Gasteiger partial charge in [0.15, 0.2) is 0 Å². The number of piperidine rings is 1. The molecule has 1 aromatic heterocycles. The Balaban J connectivity index is 1.66. The second kappa shape index (κ2) is 6.00. The lowest BCUT2D eigenvalue weighted by Crippen LogP contribution is -2.42. The van der Waals surface area contributed by atoms with Crippen LogP contribution >= 0.6 is 0 Å². The predicted octanol–water partition coefficient (Wildman–Crippen LogP) is 1.93. The zero-order valence-electron chi connectivity index (χ0n) is 13.0. The largest absolute Gasteiger partial charge is 0.342 e. The number of rotatable bonds is 3. The van der Waals surface area contributed by atoms with Gasteiger partial charge in [0.25, 0.3) is 0 Å². The third-order valence-electron chi connectivity index (χ3n) is 4.42. The van der Waals surface area contributed by atoms with Gasteiger partial charge in [-0.2, -0.15) is 0 Å². The van der Waals surface area contributed by atoms with Crippen molar-refractivity contribution in [3.05, 3.63) is 17.5 Å². The normalized spacial score (nSPS) is 23.0. The third-order valence-corrected chi connectivity index (χ3v) is 4.42. The highest BCUT2D eigenvalue weighted by Crippen LogP contribution is 2.23. The van der Waals surface area contributed by atoms with E-state index in [2.05, 4.69) is 14.9 Å². The van der Waals surface area contributed by atoms with Gasteiger partial charge in [0, 0.05) is 44.0 Å². The number of aromatic nitrogens is 2. The van der Waals surface area contributed by atoms with Crippen molar-refractivity contribution in [3.8, 4) is 0 Å². The molecular formula is C16H24N4O. The van der Waals surface area contributed by atoms with E-state index < -0.39 is 0 Å². The molecular weight excluding hydrogens is 264 g/mol. The van der Waals surface area contributed by atoms with E-state index in [0.717, 1.165) is 62.8 Å². The number of amides is 1. The van der Waals surface area contributed by atoms with E-state index in [1.54, 1.807) is 0 Å². The van der Waals surface area contributed by atoms with Gasteiger partial charge in [-0.05, 0) is 45.1 Å². The summed E-state index contributed by atoms with van der Waals surface area (Å²) < 4.78 is 0. The van der Waals surface area contributed by atoms with Gasteiger partial charge in [0.2, 0.25) is 11.9 Å². The zero-order chi connectivity index (χ0) is 14.8. The quantitative estimate of drug-likeness (QED) is 0.853. The Bertz CT molecular complexity index is 511. The monoisotopic (exact) mass is 288 g/mol. The highest BCUT2D eigenvalue weighted by atomic mass is 16.2. The second-order valence-corrected chi connectivity index (χ2v) is 6.35. The molecule has 1 amide bonds. The topological polar surface area (TPSA) is 49.3 Å². The molecule has 0 N–H and O–H groups in total. The Morgan fingerprint density at radius 3 is 2.62 bits per heavy atom. The molecule has 0 radical (unpaired) electrons. The molecule has 0 aromatic carbocycles. The summed E-state index contributed by atoms with van der Waals surface area (Å²) in [5.41, 5.74) is 2.05. The molecule has 0 bridgehead atoms. The first kappa shape index (κ1) is 14.3. The molecule has 21 heavy (non-hydrogen) atoms. The first-order valence-corrected chi connectivity index (χ1v) is 7.97. The third kappa shape index (κ3) is 3.34. The Morgan fingerprint density at radius 1 is 1.19 bits per heavy atom. The molecule has 1 atom stereocenters. The minimum atomic E-state index is 0.328. The molecule has 0 aliphatic carbocycles. The number of carbonyl (C=O) groups excluding carboxylic acids is 1. The highest BCUT2D eigenvalue weighted by Gasteiger charge is 2.27. The van der Waals surface area contributed by atoms with Crippen molar-refractivity contribution < 1.29 is 4.79 Å². The van der Waals surface area contributed by atoms with Crippen molar-refractivity contribution in [2.75, 3.05) is 31.1 Å². The second-order valence-electron chi connectivity index (χ2n) is 6.35. The van der Waals surface area contributed by atoms with E-state index >= 15 is 0 Å². The molecule has 0 unspecified atom stereocenters. The summed E-state index contributed by atoms with van der Waals surface area (Å²) in [5.74, 6) is 1.73. The van der Waals surface area contributed by atoms with E-state index in [-0.39, 0.29) is 0 Å². The van der Waals surface area contributed by atoms with Crippen LogP contribution in [0.25, 0.3) is 0 Å². The highest BCUT2D eigenvalue weighted by molar-refractivity contribution is 5.78. The van der Waals surface area contributed by atoms with Crippen molar-refractivity contribution in [1.82, 2.24) is 14.9 Å². The number of aryl methyl sites for hydroxylation is 2. The molecule has 3 heterocycles. The first-order valence-electron chi connectivity index (χ1n) is 7.97. The molecule has 3 rings (SSSR count). The van der Waals surface area contributed by atoms with Crippen LogP contribution in [-0.4, -0.2) is 47.0 Å². The van der Waals surface area contributed by atoms with Crippen molar-refractivity contribution in [2.45, 2.75) is 39.5 Å². The minimum Gasteiger partial charge on any atom is -0.342 e. The van der Waals surface area contributed by atoms with E-state index in [4.69, 9.17) is 0 Å². The summed E-state index contributed by atoms with van der Waals surface area (Å²) in [7, 11) is 0. The van der Waals surface area contributed by atoms with Crippen LogP contribution in [0.15, 0.2) is 6.07 Å². The molecule has 5 nitrogen and oxygen atoms in total. The van der Waals surface area contributed by atoms with Gasteiger partial charge in [-0.15, -0.1) is 0 Å². The number of carbonyl (C=O) groups is 1. The summed E-state index contributed by atoms with van der Waals surface area (Å²) in [6.07, 6.45) is 4.11. The zero-order valence-corrected chi connectivity index (χ0v) is 13.0. The van der Waals surface area contributed by atoms with Crippen molar-refractivity contribution in [3.63, 3.8) is 0 Å². The number of hydrogen-bond acceptors (Lipinski definition) is 4. The SMILES string of the molecule is Cc1cc(C)nc(N2CCC[C@@H](CN3CCCC3=O)C2)n1. The summed E-state index contributed by atoms with van der Waals surface area (Å²) in [5, 5.41) is 0. The molecule has 114 valence electrons. The van der Waals surface area contributed by atoms with Gasteiger partial charge in [0.1, 0.15) is 0 Å². The Morgan fingerprint density at radius 2 is 1.95 bits per heavy atom. The molecule has 2 fully saturated rings. The fraction of sp³-hybridized carbons (Fsp3) is 0.688. The van der Waals surface area contributed by atoms with E-state index in [9.17, 15) is 4.79 Å². The minimum absolute atomic E-state index is 0.328. The summed E-state index contributed by atoms with van der Waals surface area (Å²) in [6.45, 7) is 7.86. The predicted molar refractivity (Wildman–Crippen MR) is 82.3 cm³/mol. The number of anilines is 1. The lowest BCUT2D eigenvalue weighted by molar-refractivity contribution is -0.128. The fourth-order valence-electron chi connectivity index (χ4n) is 3.45. The van der Waals surface area contributed by atoms with Crippen LogP contribution in [0.3, 0.4) is 0 Å². The van der Waals surface area contributed by atoms with Gasteiger partial charge >= 0.3 is 0 Å². The standard InChI is InChI=1S/C16H24N4O/c1-12-9-13(2)18-16(17-12)20-8-3-5-14(11-20)10-19-7-4-6-15(19)21/h9,14H,3-8,10-11H2,1-2H3/t14-/m0/s1. The van der Waals surface area contributed by atoms with Crippen LogP contribution in [0.5, 0.6) is 0 Å². The Labute approximate surface area is 126 Å². The van der Waals surface area contributed by atoms with E-state index in [1.807, 2.05) is 24.8 Å².